The van der Waals surface area contributed by atoms with E-state index in [1.165, 1.54) is 12.1 Å². The number of piperidine rings is 1. The Morgan fingerprint density at radius 1 is 1.29 bits per heavy atom. The molecule has 1 aliphatic carbocycles. The van der Waals surface area contributed by atoms with Gasteiger partial charge in [-0.1, -0.05) is 6.42 Å². The minimum Gasteiger partial charge on any atom is -0.493 e. The molecule has 1 saturated heterocycles. The lowest BCUT2D eigenvalue weighted by Gasteiger charge is -2.45. The molecule has 0 bridgehead atoms. The quantitative estimate of drug-likeness (QED) is 0.801. The Hall–Kier alpha value is -1.62. The molecule has 2 aliphatic rings. The summed E-state index contributed by atoms with van der Waals surface area (Å²) in [5, 5.41) is 0. The Bertz CT molecular complexity index is 556. The largest absolute Gasteiger partial charge is 0.493 e. The van der Waals surface area contributed by atoms with Crippen molar-refractivity contribution in [3.8, 4) is 5.75 Å². The number of benzene rings is 1. The van der Waals surface area contributed by atoms with Crippen LogP contribution in [-0.2, 0) is 9.53 Å². The summed E-state index contributed by atoms with van der Waals surface area (Å²) >= 11 is 0. The number of carbonyl (C=O) groups is 1. The SMILES string of the molecule is COCC1(C(=O)N2CCC[C@H](COc3ccc(F)cc3)C2)CCC1. The molecule has 2 fully saturated rings. The molecule has 0 unspecified atom stereocenters. The number of halogens is 1. The van der Waals surface area contributed by atoms with Crippen LogP contribution in [-0.4, -0.2) is 44.2 Å². The maximum atomic E-state index is 12.9. The highest BCUT2D eigenvalue weighted by Gasteiger charge is 2.46. The van der Waals surface area contributed by atoms with E-state index in [1.807, 2.05) is 4.90 Å². The van der Waals surface area contributed by atoms with E-state index in [2.05, 4.69) is 0 Å². The Morgan fingerprint density at radius 2 is 2.04 bits per heavy atom. The van der Waals surface area contributed by atoms with Crippen LogP contribution >= 0.6 is 0 Å². The number of ether oxygens (including phenoxy) is 2. The first-order chi connectivity index (χ1) is 11.6. The summed E-state index contributed by atoms with van der Waals surface area (Å²) < 4.78 is 24.0. The fourth-order valence-corrected chi connectivity index (χ4v) is 3.77. The second-order valence-electron chi connectivity index (χ2n) is 7.09. The summed E-state index contributed by atoms with van der Waals surface area (Å²) in [6.07, 6.45) is 5.05. The van der Waals surface area contributed by atoms with Crippen LogP contribution < -0.4 is 4.74 Å². The summed E-state index contributed by atoms with van der Waals surface area (Å²) in [7, 11) is 1.67. The second kappa shape index (κ2) is 7.51. The van der Waals surface area contributed by atoms with E-state index < -0.39 is 0 Å². The zero-order valence-electron chi connectivity index (χ0n) is 14.3. The summed E-state index contributed by atoms with van der Waals surface area (Å²) in [5.41, 5.74) is -0.283. The Balaban J connectivity index is 1.54. The number of carbonyl (C=O) groups excluding carboxylic acids is 1. The molecule has 1 heterocycles. The number of nitrogens with zero attached hydrogens (tertiary/aromatic N) is 1. The van der Waals surface area contributed by atoms with Crippen molar-refractivity contribution in [1.29, 1.82) is 0 Å². The van der Waals surface area contributed by atoms with Crippen LogP contribution in [0.15, 0.2) is 24.3 Å². The third-order valence-corrected chi connectivity index (χ3v) is 5.29. The Morgan fingerprint density at radius 3 is 2.67 bits per heavy atom. The molecule has 1 amide bonds. The third-order valence-electron chi connectivity index (χ3n) is 5.29. The number of rotatable bonds is 6. The van der Waals surface area contributed by atoms with E-state index in [-0.39, 0.29) is 17.1 Å². The molecule has 3 rings (SSSR count). The third kappa shape index (κ3) is 3.72. The van der Waals surface area contributed by atoms with Crippen molar-refractivity contribution >= 4 is 5.91 Å². The van der Waals surface area contributed by atoms with Crippen LogP contribution in [0.4, 0.5) is 4.39 Å². The Kier molecular flexibility index (Phi) is 5.39. The van der Waals surface area contributed by atoms with E-state index in [1.54, 1.807) is 19.2 Å². The van der Waals surface area contributed by atoms with Crippen molar-refractivity contribution in [3.63, 3.8) is 0 Å². The van der Waals surface area contributed by atoms with Crippen molar-refractivity contribution in [2.24, 2.45) is 11.3 Å². The lowest BCUT2D eigenvalue weighted by atomic mass is 9.68. The zero-order chi connectivity index (χ0) is 17.0. The van der Waals surface area contributed by atoms with Gasteiger partial charge in [-0.25, -0.2) is 4.39 Å². The fraction of sp³-hybridized carbons (Fsp3) is 0.632. The molecule has 0 aromatic heterocycles. The fourth-order valence-electron chi connectivity index (χ4n) is 3.77. The first kappa shape index (κ1) is 17.2. The molecule has 1 aromatic rings. The Labute approximate surface area is 142 Å². The van der Waals surface area contributed by atoms with Gasteiger partial charge in [-0.15, -0.1) is 0 Å². The lowest BCUT2D eigenvalue weighted by Crippen LogP contribution is -2.53. The van der Waals surface area contributed by atoms with Gasteiger partial charge in [-0.05, 0) is 49.9 Å². The van der Waals surface area contributed by atoms with E-state index >= 15 is 0 Å². The highest BCUT2D eigenvalue weighted by Crippen LogP contribution is 2.43. The van der Waals surface area contributed by atoms with Crippen LogP contribution in [0, 0.1) is 17.2 Å². The zero-order valence-corrected chi connectivity index (χ0v) is 14.3. The minimum absolute atomic E-state index is 0.252. The van der Waals surface area contributed by atoms with Gasteiger partial charge in [0.15, 0.2) is 0 Å². The molecule has 5 heteroatoms. The smallest absolute Gasteiger partial charge is 0.231 e. The average molecular weight is 335 g/mol. The van der Waals surface area contributed by atoms with Gasteiger partial charge in [0.2, 0.25) is 5.91 Å². The van der Waals surface area contributed by atoms with Gasteiger partial charge in [-0.3, -0.25) is 4.79 Å². The van der Waals surface area contributed by atoms with Crippen LogP contribution in [0.1, 0.15) is 32.1 Å². The molecule has 132 valence electrons. The molecular weight excluding hydrogens is 309 g/mol. The molecule has 24 heavy (non-hydrogen) atoms. The second-order valence-corrected chi connectivity index (χ2v) is 7.09. The maximum Gasteiger partial charge on any atom is 0.231 e. The topological polar surface area (TPSA) is 38.8 Å². The van der Waals surface area contributed by atoms with Gasteiger partial charge in [0.05, 0.1) is 18.6 Å². The number of likely N-dealkylation sites (tertiary alicyclic amines) is 1. The molecule has 4 nitrogen and oxygen atoms in total. The normalized spacial score (nSPS) is 22.8. The van der Waals surface area contributed by atoms with Crippen LogP contribution in [0.3, 0.4) is 0 Å². The van der Waals surface area contributed by atoms with Crippen molar-refractivity contribution < 1.29 is 18.7 Å². The first-order valence-electron chi connectivity index (χ1n) is 8.80. The number of methoxy groups -OCH3 is 1. The number of hydrogen-bond acceptors (Lipinski definition) is 3. The number of hydrogen-bond donors (Lipinski definition) is 0. The molecule has 0 radical (unpaired) electrons. The van der Waals surface area contributed by atoms with Gasteiger partial charge in [0, 0.05) is 26.1 Å². The van der Waals surface area contributed by atoms with Gasteiger partial charge in [0.1, 0.15) is 11.6 Å². The predicted octanol–water partition coefficient (Wildman–Crippen LogP) is 3.26. The van der Waals surface area contributed by atoms with Crippen molar-refractivity contribution in [2.45, 2.75) is 32.1 Å². The summed E-state index contributed by atoms with van der Waals surface area (Å²) in [6, 6.07) is 6.08. The van der Waals surface area contributed by atoms with E-state index in [0.717, 1.165) is 45.2 Å². The predicted molar refractivity (Wildman–Crippen MR) is 89.4 cm³/mol. The van der Waals surface area contributed by atoms with Crippen molar-refractivity contribution in [2.75, 3.05) is 33.4 Å². The summed E-state index contributed by atoms with van der Waals surface area (Å²) in [4.78, 5) is 14.9. The minimum atomic E-state index is -0.283. The van der Waals surface area contributed by atoms with Crippen LogP contribution in [0.2, 0.25) is 0 Å². The monoisotopic (exact) mass is 335 g/mol. The van der Waals surface area contributed by atoms with Crippen molar-refractivity contribution in [1.82, 2.24) is 4.90 Å². The lowest BCUT2D eigenvalue weighted by molar-refractivity contribution is -0.154. The van der Waals surface area contributed by atoms with E-state index in [4.69, 9.17) is 9.47 Å². The molecule has 0 spiro atoms. The van der Waals surface area contributed by atoms with Crippen LogP contribution in [0.25, 0.3) is 0 Å². The first-order valence-corrected chi connectivity index (χ1v) is 8.80. The molecule has 1 aliphatic heterocycles. The molecule has 1 saturated carbocycles. The van der Waals surface area contributed by atoms with Crippen molar-refractivity contribution in [3.05, 3.63) is 30.1 Å². The van der Waals surface area contributed by atoms with Gasteiger partial charge in [-0.2, -0.15) is 0 Å². The highest BCUT2D eigenvalue weighted by atomic mass is 19.1. The number of amides is 1. The van der Waals surface area contributed by atoms with Gasteiger partial charge >= 0.3 is 0 Å². The summed E-state index contributed by atoms with van der Waals surface area (Å²) in [6.45, 7) is 2.66. The molecule has 0 N–H and O–H groups in total. The van der Waals surface area contributed by atoms with Gasteiger partial charge < -0.3 is 14.4 Å². The molecule has 1 atom stereocenters. The molecule has 1 aromatic carbocycles. The summed E-state index contributed by atoms with van der Waals surface area (Å²) in [5.74, 6) is 0.991. The van der Waals surface area contributed by atoms with E-state index in [9.17, 15) is 9.18 Å². The maximum absolute atomic E-state index is 12.9. The standard InChI is InChI=1S/C19H26FNO3/c1-23-14-19(9-3-10-19)18(22)21-11-2-4-15(12-21)13-24-17-7-5-16(20)6-8-17/h5-8,15H,2-4,9-14H2,1H3/t15-/m0/s1. The van der Waals surface area contributed by atoms with Gasteiger partial charge in [0.25, 0.3) is 0 Å². The average Bonchev–Trinajstić information content (AvgIpc) is 2.57. The van der Waals surface area contributed by atoms with Crippen LogP contribution in [0.5, 0.6) is 5.75 Å². The van der Waals surface area contributed by atoms with E-state index in [0.29, 0.717) is 24.9 Å². The highest BCUT2D eigenvalue weighted by molar-refractivity contribution is 5.84. The molecular formula is C19H26FNO3.